The summed E-state index contributed by atoms with van der Waals surface area (Å²) in [5.41, 5.74) is 2.73. The molecule has 6 heteroatoms. The summed E-state index contributed by atoms with van der Waals surface area (Å²) in [7, 11) is -1.19. The third kappa shape index (κ3) is 4.70. The summed E-state index contributed by atoms with van der Waals surface area (Å²) in [5.74, 6) is 1.64. The number of likely N-dealkylation sites (tertiary alicyclic amines) is 1. The number of aliphatic imine (C=N–C) groups is 1. The fraction of sp³-hybridized carbons (Fsp3) is 0.588. The first-order valence-corrected chi connectivity index (χ1v) is 10.0. The van der Waals surface area contributed by atoms with Gasteiger partial charge in [0.05, 0.1) is 5.75 Å². The average Bonchev–Trinajstić information content (AvgIpc) is 3.01. The predicted octanol–water partition coefficient (Wildman–Crippen LogP) is 1.79. The molecule has 0 bridgehead atoms. The minimum Gasteiger partial charge on any atom is -0.355 e. The predicted molar refractivity (Wildman–Crippen MR) is 95.8 cm³/mol. The van der Waals surface area contributed by atoms with Crippen LogP contribution in [0.25, 0.3) is 0 Å². The number of nitrogens with zero attached hydrogens (tertiary/aromatic N) is 2. The number of aryl methyl sites for hydroxylation is 1. The molecule has 128 valence electrons. The maximum atomic E-state index is 11.6. The normalized spacial score (nSPS) is 19.2. The summed E-state index contributed by atoms with van der Waals surface area (Å²) in [6.45, 7) is 6.11. The monoisotopic (exact) mass is 337 g/mol. The van der Waals surface area contributed by atoms with Crippen molar-refractivity contribution in [1.82, 2.24) is 10.2 Å². The third-order valence-corrected chi connectivity index (χ3v) is 6.17. The molecule has 5 nitrogen and oxygen atoms in total. The van der Waals surface area contributed by atoms with Crippen molar-refractivity contribution >= 4 is 15.8 Å². The fourth-order valence-corrected chi connectivity index (χ4v) is 3.75. The van der Waals surface area contributed by atoms with Crippen LogP contribution in [0.1, 0.15) is 30.4 Å². The summed E-state index contributed by atoms with van der Waals surface area (Å²) in [4.78, 5) is 6.52. The van der Waals surface area contributed by atoms with Crippen molar-refractivity contribution in [1.29, 1.82) is 0 Å². The number of sulfone groups is 1. The van der Waals surface area contributed by atoms with Gasteiger partial charge in [-0.3, -0.25) is 4.99 Å². The van der Waals surface area contributed by atoms with Gasteiger partial charge in [0.15, 0.2) is 15.8 Å². The van der Waals surface area contributed by atoms with Crippen LogP contribution in [0, 0.1) is 6.92 Å². The summed E-state index contributed by atoms with van der Waals surface area (Å²) in [6, 6.07) is 8.52. The zero-order valence-electron chi connectivity index (χ0n) is 14.2. The molecule has 2 rings (SSSR count). The standard InChI is InChI=1S/C17H27N3O2S/c1-4-23(21,22)12-10-19-17(18-3)20-11-9-15(13-20)16-8-6-5-7-14(16)2/h5-8,15H,4,9-13H2,1-3H3,(H,18,19). The quantitative estimate of drug-likeness (QED) is 0.657. The lowest BCUT2D eigenvalue weighted by molar-refractivity contribution is 0.488. The first-order valence-electron chi connectivity index (χ1n) is 8.18. The minimum absolute atomic E-state index is 0.150. The zero-order chi connectivity index (χ0) is 16.9. The van der Waals surface area contributed by atoms with E-state index in [2.05, 4.69) is 46.4 Å². The smallest absolute Gasteiger partial charge is 0.193 e. The summed E-state index contributed by atoms with van der Waals surface area (Å²) >= 11 is 0. The van der Waals surface area contributed by atoms with Crippen LogP contribution in [0.2, 0.25) is 0 Å². The molecule has 1 N–H and O–H groups in total. The van der Waals surface area contributed by atoms with E-state index in [4.69, 9.17) is 0 Å². The van der Waals surface area contributed by atoms with Crippen molar-refractivity contribution < 1.29 is 8.42 Å². The summed E-state index contributed by atoms with van der Waals surface area (Å²) < 4.78 is 23.1. The van der Waals surface area contributed by atoms with Gasteiger partial charge in [-0.2, -0.15) is 0 Å². The van der Waals surface area contributed by atoms with Gasteiger partial charge in [-0.15, -0.1) is 0 Å². The van der Waals surface area contributed by atoms with Gasteiger partial charge in [0.25, 0.3) is 0 Å². The lowest BCUT2D eigenvalue weighted by Gasteiger charge is -2.22. The van der Waals surface area contributed by atoms with Gasteiger partial charge in [0.1, 0.15) is 0 Å². The highest BCUT2D eigenvalue weighted by Gasteiger charge is 2.26. The van der Waals surface area contributed by atoms with Gasteiger partial charge in [0, 0.05) is 38.4 Å². The van der Waals surface area contributed by atoms with E-state index in [1.54, 1.807) is 14.0 Å². The fourth-order valence-electron chi connectivity index (χ4n) is 3.05. The first-order chi connectivity index (χ1) is 11.0. The second-order valence-electron chi connectivity index (χ2n) is 6.00. The highest BCUT2D eigenvalue weighted by Crippen LogP contribution is 2.29. The lowest BCUT2D eigenvalue weighted by atomic mass is 9.94. The van der Waals surface area contributed by atoms with E-state index in [0.29, 0.717) is 12.5 Å². The molecule has 0 aromatic heterocycles. The molecule has 1 aliphatic heterocycles. The third-order valence-electron chi connectivity index (χ3n) is 4.46. The largest absolute Gasteiger partial charge is 0.355 e. The van der Waals surface area contributed by atoms with Crippen LogP contribution < -0.4 is 5.32 Å². The van der Waals surface area contributed by atoms with Crippen LogP contribution >= 0.6 is 0 Å². The molecule has 0 amide bonds. The molecule has 1 aliphatic rings. The molecule has 23 heavy (non-hydrogen) atoms. The average molecular weight is 337 g/mol. The van der Waals surface area contributed by atoms with Crippen LogP contribution in [-0.2, 0) is 9.84 Å². The van der Waals surface area contributed by atoms with E-state index in [-0.39, 0.29) is 11.5 Å². The van der Waals surface area contributed by atoms with Crippen molar-refractivity contribution in [2.45, 2.75) is 26.2 Å². The number of benzene rings is 1. The molecule has 0 aliphatic carbocycles. The van der Waals surface area contributed by atoms with E-state index in [1.165, 1.54) is 11.1 Å². The maximum Gasteiger partial charge on any atom is 0.193 e. The van der Waals surface area contributed by atoms with Gasteiger partial charge in [-0.25, -0.2) is 8.42 Å². The Bertz CT molecular complexity index is 656. The van der Waals surface area contributed by atoms with Crippen LogP contribution in [0.4, 0.5) is 0 Å². The SMILES string of the molecule is CCS(=O)(=O)CCNC(=NC)N1CCC(c2ccccc2C)C1. The molecule has 1 aromatic carbocycles. The second kappa shape index (κ2) is 7.81. The van der Waals surface area contributed by atoms with Crippen molar-refractivity contribution in [3.8, 4) is 0 Å². The molecule has 1 aromatic rings. The zero-order valence-corrected chi connectivity index (χ0v) is 15.1. The molecule has 0 saturated carbocycles. The van der Waals surface area contributed by atoms with Crippen molar-refractivity contribution in [3.05, 3.63) is 35.4 Å². The van der Waals surface area contributed by atoms with E-state index in [1.807, 2.05) is 0 Å². The molecule has 1 fully saturated rings. The van der Waals surface area contributed by atoms with Gasteiger partial charge in [-0.05, 0) is 24.5 Å². The molecule has 0 spiro atoms. The molecule has 1 heterocycles. The molecular formula is C17H27N3O2S. The van der Waals surface area contributed by atoms with Crippen LogP contribution in [-0.4, -0.2) is 57.5 Å². The van der Waals surface area contributed by atoms with Gasteiger partial charge >= 0.3 is 0 Å². The number of nitrogens with one attached hydrogen (secondary N) is 1. The number of hydrogen-bond acceptors (Lipinski definition) is 3. The molecule has 1 unspecified atom stereocenters. The summed E-state index contributed by atoms with van der Waals surface area (Å²) in [6.07, 6.45) is 1.10. The van der Waals surface area contributed by atoms with Gasteiger partial charge in [0.2, 0.25) is 0 Å². The molecular weight excluding hydrogens is 310 g/mol. The van der Waals surface area contributed by atoms with Crippen LogP contribution in [0.3, 0.4) is 0 Å². The Kier molecular flexibility index (Phi) is 6.04. The van der Waals surface area contributed by atoms with Crippen LogP contribution in [0.15, 0.2) is 29.3 Å². The lowest BCUT2D eigenvalue weighted by Crippen LogP contribution is -2.41. The van der Waals surface area contributed by atoms with Gasteiger partial charge in [-0.1, -0.05) is 31.2 Å². The Morgan fingerprint density at radius 3 is 2.78 bits per heavy atom. The minimum atomic E-state index is -2.94. The van der Waals surface area contributed by atoms with E-state index < -0.39 is 9.84 Å². The highest BCUT2D eigenvalue weighted by molar-refractivity contribution is 7.91. The maximum absolute atomic E-state index is 11.6. The Morgan fingerprint density at radius 2 is 2.13 bits per heavy atom. The topological polar surface area (TPSA) is 61.8 Å². The molecule has 1 saturated heterocycles. The number of hydrogen-bond donors (Lipinski definition) is 1. The van der Waals surface area contributed by atoms with Gasteiger partial charge < -0.3 is 10.2 Å². The van der Waals surface area contributed by atoms with E-state index in [9.17, 15) is 8.42 Å². The Hall–Kier alpha value is -1.56. The Labute approximate surface area is 139 Å². The summed E-state index contributed by atoms with van der Waals surface area (Å²) in [5, 5.41) is 3.19. The number of guanidine groups is 1. The Balaban J connectivity index is 1.93. The van der Waals surface area contributed by atoms with Crippen molar-refractivity contribution in [2.75, 3.05) is 38.2 Å². The highest BCUT2D eigenvalue weighted by atomic mass is 32.2. The first kappa shape index (κ1) is 17.8. The number of rotatable bonds is 5. The second-order valence-corrected chi connectivity index (χ2v) is 8.47. The molecule has 1 atom stereocenters. The van der Waals surface area contributed by atoms with Crippen LogP contribution in [0.5, 0.6) is 0 Å². The Morgan fingerprint density at radius 1 is 1.39 bits per heavy atom. The van der Waals surface area contributed by atoms with Crippen molar-refractivity contribution in [3.63, 3.8) is 0 Å². The van der Waals surface area contributed by atoms with E-state index >= 15 is 0 Å². The van der Waals surface area contributed by atoms with Crippen molar-refractivity contribution in [2.24, 2.45) is 4.99 Å². The molecule has 0 radical (unpaired) electrons. The van der Waals surface area contributed by atoms with E-state index in [0.717, 1.165) is 25.5 Å².